The maximum absolute atomic E-state index is 13.1. The fourth-order valence-electron chi connectivity index (χ4n) is 3.05. The summed E-state index contributed by atoms with van der Waals surface area (Å²) in [5, 5.41) is 2.81. The third-order valence-electron chi connectivity index (χ3n) is 4.23. The first-order valence-corrected chi connectivity index (χ1v) is 7.97. The first-order valence-electron chi connectivity index (χ1n) is 7.97. The van der Waals surface area contributed by atoms with E-state index in [9.17, 15) is 13.6 Å². The van der Waals surface area contributed by atoms with Crippen molar-refractivity contribution in [3.63, 3.8) is 0 Å². The van der Waals surface area contributed by atoms with E-state index in [1.165, 1.54) is 36.1 Å². The fourth-order valence-corrected chi connectivity index (χ4v) is 3.05. The van der Waals surface area contributed by atoms with Crippen molar-refractivity contribution in [3.05, 3.63) is 70.3 Å². The van der Waals surface area contributed by atoms with Crippen molar-refractivity contribution in [2.75, 3.05) is 6.54 Å². The molecular weight excluding hydrogens is 296 g/mol. The molecule has 1 amide bonds. The van der Waals surface area contributed by atoms with Crippen LogP contribution in [0, 0.1) is 11.6 Å². The van der Waals surface area contributed by atoms with Crippen LogP contribution in [0.1, 0.15) is 39.9 Å². The Hall–Kier alpha value is -2.23. The van der Waals surface area contributed by atoms with Crippen LogP contribution < -0.4 is 5.32 Å². The largest absolute Gasteiger partial charge is 0.352 e. The second kappa shape index (κ2) is 6.90. The lowest BCUT2D eigenvalue weighted by Crippen LogP contribution is -2.26. The highest BCUT2D eigenvalue weighted by Crippen LogP contribution is 2.22. The lowest BCUT2D eigenvalue weighted by atomic mass is 9.90. The van der Waals surface area contributed by atoms with Gasteiger partial charge in [0, 0.05) is 18.2 Å². The van der Waals surface area contributed by atoms with Gasteiger partial charge in [0.15, 0.2) is 0 Å². The predicted octanol–water partition coefficient (Wildman–Crippen LogP) is 3.82. The van der Waals surface area contributed by atoms with Crippen LogP contribution in [0.25, 0.3) is 0 Å². The summed E-state index contributed by atoms with van der Waals surface area (Å²) in [7, 11) is 0. The molecule has 0 saturated heterocycles. The van der Waals surface area contributed by atoms with Crippen LogP contribution >= 0.6 is 0 Å². The number of nitrogens with one attached hydrogen (secondary N) is 1. The highest BCUT2D eigenvalue weighted by Gasteiger charge is 2.12. The topological polar surface area (TPSA) is 29.1 Å². The summed E-state index contributed by atoms with van der Waals surface area (Å²) in [6.45, 7) is 0.346. The van der Waals surface area contributed by atoms with Crippen LogP contribution in [0.15, 0.2) is 36.4 Å². The highest BCUT2D eigenvalue weighted by atomic mass is 19.1. The Morgan fingerprint density at radius 2 is 1.65 bits per heavy atom. The summed E-state index contributed by atoms with van der Waals surface area (Å²) < 4.78 is 26.2. The minimum Gasteiger partial charge on any atom is -0.352 e. The summed E-state index contributed by atoms with van der Waals surface area (Å²) in [6, 6.07) is 9.26. The zero-order valence-corrected chi connectivity index (χ0v) is 12.9. The molecule has 4 heteroatoms. The number of carbonyl (C=O) groups excluding carboxylic acids is 1. The quantitative estimate of drug-likeness (QED) is 0.913. The third kappa shape index (κ3) is 3.95. The molecule has 2 aromatic carbocycles. The molecule has 2 aromatic rings. The molecule has 0 unspecified atom stereocenters. The van der Waals surface area contributed by atoms with Crippen LogP contribution in [0.2, 0.25) is 0 Å². The summed E-state index contributed by atoms with van der Waals surface area (Å²) in [5.41, 5.74) is 3.78. The summed E-state index contributed by atoms with van der Waals surface area (Å²) in [5.74, 6) is -1.34. The van der Waals surface area contributed by atoms with Crippen LogP contribution in [0.5, 0.6) is 0 Å². The SMILES string of the molecule is O=C(NCCc1cc(F)cc(F)c1)c1ccc2c(c1)CCCC2. The van der Waals surface area contributed by atoms with Gasteiger partial charge in [-0.2, -0.15) is 0 Å². The van der Waals surface area contributed by atoms with E-state index in [-0.39, 0.29) is 5.91 Å². The average molecular weight is 315 g/mol. The van der Waals surface area contributed by atoms with E-state index in [1.807, 2.05) is 18.2 Å². The van der Waals surface area contributed by atoms with Gasteiger partial charge in [0.1, 0.15) is 11.6 Å². The predicted molar refractivity (Wildman–Crippen MR) is 85.5 cm³/mol. The number of benzene rings is 2. The molecule has 0 bridgehead atoms. The lowest BCUT2D eigenvalue weighted by Gasteiger charge is -2.16. The molecule has 23 heavy (non-hydrogen) atoms. The molecule has 0 saturated carbocycles. The van der Waals surface area contributed by atoms with Crippen LogP contribution in [0.3, 0.4) is 0 Å². The van der Waals surface area contributed by atoms with Crippen molar-refractivity contribution >= 4 is 5.91 Å². The fraction of sp³-hybridized carbons (Fsp3) is 0.316. The molecule has 1 N–H and O–H groups in total. The Morgan fingerprint density at radius 3 is 2.39 bits per heavy atom. The van der Waals surface area contributed by atoms with E-state index in [0.29, 0.717) is 24.1 Å². The van der Waals surface area contributed by atoms with Crippen molar-refractivity contribution in [2.45, 2.75) is 32.1 Å². The van der Waals surface area contributed by atoms with E-state index < -0.39 is 11.6 Å². The van der Waals surface area contributed by atoms with E-state index in [2.05, 4.69) is 5.32 Å². The van der Waals surface area contributed by atoms with Crippen LogP contribution in [-0.2, 0) is 19.3 Å². The number of aryl methyl sites for hydroxylation is 2. The summed E-state index contributed by atoms with van der Waals surface area (Å²) >= 11 is 0. The number of carbonyl (C=O) groups is 1. The number of hydrogen-bond donors (Lipinski definition) is 1. The molecule has 120 valence electrons. The van der Waals surface area contributed by atoms with Gasteiger partial charge in [-0.25, -0.2) is 8.78 Å². The van der Waals surface area contributed by atoms with Crippen molar-refractivity contribution < 1.29 is 13.6 Å². The Balaban J connectivity index is 1.59. The smallest absolute Gasteiger partial charge is 0.251 e. The standard InChI is InChI=1S/C19H19F2NO/c20-17-9-13(10-18(21)12-17)7-8-22-19(23)16-6-5-14-3-1-2-4-15(14)11-16/h5-6,9-12H,1-4,7-8H2,(H,22,23). The minimum atomic E-state index is -0.596. The molecular formula is C19H19F2NO. The third-order valence-corrected chi connectivity index (χ3v) is 4.23. The number of rotatable bonds is 4. The normalized spacial score (nSPS) is 13.5. The molecule has 1 aliphatic rings. The molecule has 0 radical (unpaired) electrons. The van der Waals surface area contributed by atoms with Crippen molar-refractivity contribution in [3.8, 4) is 0 Å². The molecule has 3 rings (SSSR count). The number of amides is 1. The number of halogens is 2. The maximum atomic E-state index is 13.1. The Bertz CT molecular complexity index is 707. The molecule has 2 nitrogen and oxygen atoms in total. The van der Waals surface area contributed by atoms with Gasteiger partial charge in [-0.15, -0.1) is 0 Å². The average Bonchev–Trinajstić information content (AvgIpc) is 2.53. The van der Waals surface area contributed by atoms with Gasteiger partial charge >= 0.3 is 0 Å². The highest BCUT2D eigenvalue weighted by molar-refractivity contribution is 5.94. The van der Waals surface area contributed by atoms with Crippen LogP contribution in [0.4, 0.5) is 8.78 Å². The molecule has 0 heterocycles. The molecule has 0 aliphatic heterocycles. The van der Waals surface area contributed by atoms with Gasteiger partial charge < -0.3 is 5.32 Å². The van der Waals surface area contributed by atoms with Gasteiger partial charge in [0.2, 0.25) is 0 Å². The molecule has 0 atom stereocenters. The Kier molecular flexibility index (Phi) is 4.70. The first kappa shape index (κ1) is 15.7. The summed E-state index contributed by atoms with van der Waals surface area (Å²) in [4.78, 5) is 12.2. The second-order valence-electron chi connectivity index (χ2n) is 5.97. The van der Waals surface area contributed by atoms with Gasteiger partial charge in [0.05, 0.1) is 0 Å². The van der Waals surface area contributed by atoms with Crippen LogP contribution in [-0.4, -0.2) is 12.5 Å². The zero-order valence-electron chi connectivity index (χ0n) is 12.9. The molecule has 0 fully saturated rings. The van der Waals surface area contributed by atoms with Crippen molar-refractivity contribution in [1.29, 1.82) is 0 Å². The number of fused-ring (bicyclic) bond motifs is 1. The Morgan fingerprint density at radius 1 is 0.957 bits per heavy atom. The monoisotopic (exact) mass is 315 g/mol. The van der Waals surface area contributed by atoms with Crippen molar-refractivity contribution in [1.82, 2.24) is 5.32 Å². The molecule has 1 aliphatic carbocycles. The second-order valence-corrected chi connectivity index (χ2v) is 5.97. The first-order chi connectivity index (χ1) is 11.1. The van der Waals surface area contributed by atoms with E-state index in [4.69, 9.17) is 0 Å². The molecule has 0 aromatic heterocycles. The van der Waals surface area contributed by atoms with E-state index in [1.54, 1.807) is 0 Å². The van der Waals surface area contributed by atoms with E-state index >= 15 is 0 Å². The summed E-state index contributed by atoms with van der Waals surface area (Å²) in [6.07, 6.45) is 4.89. The van der Waals surface area contributed by atoms with Gasteiger partial charge in [0.25, 0.3) is 5.91 Å². The Labute approximate surface area is 134 Å². The maximum Gasteiger partial charge on any atom is 0.251 e. The van der Waals surface area contributed by atoms with E-state index in [0.717, 1.165) is 18.9 Å². The number of hydrogen-bond acceptors (Lipinski definition) is 1. The van der Waals surface area contributed by atoms with Crippen molar-refractivity contribution in [2.24, 2.45) is 0 Å². The minimum absolute atomic E-state index is 0.143. The zero-order chi connectivity index (χ0) is 16.2. The molecule has 0 spiro atoms. The lowest BCUT2D eigenvalue weighted by molar-refractivity contribution is 0.0954. The van der Waals surface area contributed by atoms with Gasteiger partial charge in [-0.1, -0.05) is 6.07 Å². The van der Waals surface area contributed by atoms with Gasteiger partial charge in [-0.05, 0) is 73.1 Å². The van der Waals surface area contributed by atoms with Gasteiger partial charge in [-0.3, -0.25) is 4.79 Å².